The normalized spacial score (nSPS) is 10.3. The Kier molecular flexibility index (Phi) is 3.98. The molecule has 0 radical (unpaired) electrons. The van der Waals surface area contributed by atoms with Gasteiger partial charge in [0.05, 0.1) is 0 Å². The van der Waals surface area contributed by atoms with Crippen LogP contribution in [0.1, 0.15) is 21.5 Å². The molecule has 2 rings (SSSR count). The van der Waals surface area contributed by atoms with Crippen LogP contribution < -0.4 is 10.5 Å². The number of carbonyl (C=O) groups is 1. The Morgan fingerprint density at radius 2 is 1.90 bits per heavy atom. The lowest BCUT2D eigenvalue weighted by molar-refractivity contribution is 0.0999. The van der Waals surface area contributed by atoms with E-state index in [1.54, 1.807) is 6.92 Å². The molecule has 0 aliphatic heterocycles. The molecule has 5 heteroatoms. The van der Waals surface area contributed by atoms with E-state index in [2.05, 4.69) is 0 Å². The smallest absolute Gasteiger partial charge is 0.248 e. The molecule has 0 heterocycles. The van der Waals surface area contributed by atoms with Crippen molar-refractivity contribution in [2.75, 3.05) is 0 Å². The van der Waals surface area contributed by atoms with Gasteiger partial charge in [0.15, 0.2) is 0 Å². The van der Waals surface area contributed by atoms with E-state index in [9.17, 15) is 13.6 Å². The summed E-state index contributed by atoms with van der Waals surface area (Å²) in [5.74, 6) is -1.14. The lowest BCUT2D eigenvalue weighted by Gasteiger charge is -2.09. The van der Waals surface area contributed by atoms with Crippen molar-refractivity contribution in [3.05, 3.63) is 64.7 Å². The third-order valence-corrected chi connectivity index (χ3v) is 2.86. The van der Waals surface area contributed by atoms with Crippen molar-refractivity contribution in [3.8, 4) is 5.75 Å². The highest BCUT2D eigenvalue weighted by atomic mass is 19.1. The summed E-state index contributed by atoms with van der Waals surface area (Å²) in [5.41, 5.74) is 5.90. The van der Waals surface area contributed by atoms with Gasteiger partial charge in [-0.1, -0.05) is 6.07 Å². The first-order valence-corrected chi connectivity index (χ1v) is 5.94. The van der Waals surface area contributed by atoms with E-state index in [4.69, 9.17) is 10.5 Å². The van der Waals surface area contributed by atoms with Crippen molar-refractivity contribution in [3.63, 3.8) is 0 Å². The van der Waals surface area contributed by atoms with Crippen LogP contribution in [0.3, 0.4) is 0 Å². The third kappa shape index (κ3) is 3.12. The summed E-state index contributed by atoms with van der Waals surface area (Å²) < 4.78 is 32.2. The first-order valence-electron chi connectivity index (χ1n) is 5.94. The molecular formula is C15H13F2NO2. The minimum atomic E-state index is -0.689. The molecule has 20 heavy (non-hydrogen) atoms. The average Bonchev–Trinajstić information content (AvgIpc) is 2.41. The van der Waals surface area contributed by atoms with Crippen LogP contribution in [0.4, 0.5) is 8.78 Å². The van der Waals surface area contributed by atoms with Crippen LogP contribution in [0.15, 0.2) is 36.4 Å². The Balaban J connectivity index is 2.10. The number of aryl methyl sites for hydroxylation is 1. The number of amides is 1. The fraction of sp³-hybridized carbons (Fsp3) is 0.133. The minimum absolute atomic E-state index is 0.0179. The highest BCUT2D eigenvalue weighted by Crippen LogP contribution is 2.18. The third-order valence-electron chi connectivity index (χ3n) is 2.86. The van der Waals surface area contributed by atoms with Crippen LogP contribution in [0.25, 0.3) is 0 Å². The van der Waals surface area contributed by atoms with Gasteiger partial charge in [0, 0.05) is 11.1 Å². The zero-order valence-corrected chi connectivity index (χ0v) is 10.8. The first kappa shape index (κ1) is 14.0. The molecule has 0 spiro atoms. The Bertz CT molecular complexity index is 656. The van der Waals surface area contributed by atoms with Crippen LogP contribution >= 0.6 is 0 Å². The highest BCUT2D eigenvalue weighted by Gasteiger charge is 2.08. The summed E-state index contributed by atoms with van der Waals surface area (Å²) in [6, 6.07) is 8.23. The number of halogens is 2. The second-order valence-electron chi connectivity index (χ2n) is 4.37. The molecule has 0 atom stereocenters. The number of hydrogen-bond acceptors (Lipinski definition) is 2. The maximum atomic E-state index is 13.7. The van der Waals surface area contributed by atoms with Crippen LogP contribution in [0, 0.1) is 18.6 Å². The molecule has 2 aromatic rings. The average molecular weight is 277 g/mol. The van der Waals surface area contributed by atoms with Gasteiger partial charge in [-0.2, -0.15) is 0 Å². The van der Waals surface area contributed by atoms with Crippen molar-refractivity contribution in [1.82, 2.24) is 0 Å². The molecule has 0 saturated carbocycles. The van der Waals surface area contributed by atoms with E-state index in [-0.39, 0.29) is 23.6 Å². The van der Waals surface area contributed by atoms with Gasteiger partial charge < -0.3 is 10.5 Å². The number of rotatable bonds is 4. The molecule has 0 aliphatic carbocycles. The van der Waals surface area contributed by atoms with E-state index < -0.39 is 11.7 Å². The van der Waals surface area contributed by atoms with Crippen molar-refractivity contribution < 1.29 is 18.3 Å². The van der Waals surface area contributed by atoms with Crippen LogP contribution in [-0.4, -0.2) is 5.91 Å². The summed E-state index contributed by atoms with van der Waals surface area (Å²) in [4.78, 5) is 10.9. The molecular weight excluding hydrogens is 264 g/mol. The Morgan fingerprint density at radius 1 is 1.15 bits per heavy atom. The van der Waals surface area contributed by atoms with E-state index in [1.165, 1.54) is 30.3 Å². The van der Waals surface area contributed by atoms with Crippen molar-refractivity contribution >= 4 is 5.91 Å². The van der Waals surface area contributed by atoms with Crippen molar-refractivity contribution in [2.24, 2.45) is 5.73 Å². The van der Waals surface area contributed by atoms with Crippen LogP contribution in [-0.2, 0) is 6.61 Å². The van der Waals surface area contributed by atoms with Gasteiger partial charge in [-0.25, -0.2) is 8.78 Å². The van der Waals surface area contributed by atoms with E-state index in [0.717, 1.165) is 6.07 Å². The predicted octanol–water partition coefficient (Wildman–Crippen LogP) is 2.95. The zero-order valence-electron chi connectivity index (χ0n) is 10.8. The summed E-state index contributed by atoms with van der Waals surface area (Å²) in [6.45, 7) is 1.60. The number of primary amides is 1. The number of benzene rings is 2. The Morgan fingerprint density at radius 3 is 2.50 bits per heavy atom. The van der Waals surface area contributed by atoms with Gasteiger partial charge in [-0.15, -0.1) is 0 Å². The lowest BCUT2D eigenvalue weighted by Crippen LogP contribution is -2.11. The molecule has 1 amide bonds. The molecule has 3 nitrogen and oxygen atoms in total. The molecule has 0 unspecified atom stereocenters. The maximum absolute atomic E-state index is 13.7. The maximum Gasteiger partial charge on any atom is 0.248 e. The van der Waals surface area contributed by atoms with E-state index in [0.29, 0.717) is 11.3 Å². The second kappa shape index (κ2) is 5.69. The summed E-state index contributed by atoms with van der Waals surface area (Å²) in [6.07, 6.45) is 0. The van der Waals surface area contributed by atoms with Gasteiger partial charge >= 0.3 is 0 Å². The molecule has 104 valence electrons. The SMILES string of the molecule is Cc1cc(OCc2ccc(C(N)=O)cc2F)ccc1F. The summed E-state index contributed by atoms with van der Waals surface area (Å²) in [5, 5.41) is 0. The number of carbonyl (C=O) groups excluding carboxylic acids is 1. The zero-order chi connectivity index (χ0) is 14.7. The number of nitrogens with two attached hydrogens (primary N) is 1. The molecule has 2 aromatic carbocycles. The lowest BCUT2D eigenvalue weighted by atomic mass is 10.1. The van der Waals surface area contributed by atoms with Gasteiger partial charge in [-0.3, -0.25) is 4.79 Å². The standard InChI is InChI=1S/C15H13F2NO2/c1-9-6-12(4-5-13(9)16)20-8-11-3-2-10(15(18)19)7-14(11)17/h2-7H,8H2,1H3,(H2,18,19). The van der Waals surface area contributed by atoms with Crippen molar-refractivity contribution in [1.29, 1.82) is 0 Å². The summed E-state index contributed by atoms with van der Waals surface area (Å²) >= 11 is 0. The second-order valence-corrected chi connectivity index (χ2v) is 4.37. The Labute approximate surface area is 115 Å². The van der Waals surface area contributed by atoms with Gasteiger partial charge in [-0.05, 0) is 42.8 Å². The van der Waals surface area contributed by atoms with Gasteiger partial charge in [0.2, 0.25) is 5.91 Å². The van der Waals surface area contributed by atoms with Crippen LogP contribution in [0.5, 0.6) is 5.75 Å². The van der Waals surface area contributed by atoms with E-state index in [1.807, 2.05) is 0 Å². The van der Waals surface area contributed by atoms with Crippen LogP contribution in [0.2, 0.25) is 0 Å². The van der Waals surface area contributed by atoms with E-state index >= 15 is 0 Å². The predicted molar refractivity (Wildman–Crippen MR) is 70.4 cm³/mol. The molecule has 0 aliphatic rings. The topological polar surface area (TPSA) is 52.3 Å². The largest absolute Gasteiger partial charge is 0.489 e. The number of hydrogen-bond donors (Lipinski definition) is 1. The molecule has 0 saturated heterocycles. The summed E-state index contributed by atoms with van der Waals surface area (Å²) in [7, 11) is 0. The van der Waals surface area contributed by atoms with Gasteiger partial charge in [0.25, 0.3) is 0 Å². The quantitative estimate of drug-likeness (QED) is 0.934. The monoisotopic (exact) mass is 277 g/mol. The Hall–Kier alpha value is -2.43. The number of ether oxygens (including phenoxy) is 1. The first-order chi connectivity index (χ1) is 9.47. The minimum Gasteiger partial charge on any atom is -0.489 e. The fourth-order valence-corrected chi connectivity index (χ4v) is 1.69. The molecule has 2 N–H and O–H groups in total. The molecule has 0 fully saturated rings. The fourth-order valence-electron chi connectivity index (χ4n) is 1.69. The van der Waals surface area contributed by atoms with Gasteiger partial charge in [0.1, 0.15) is 24.0 Å². The van der Waals surface area contributed by atoms with Crippen molar-refractivity contribution in [2.45, 2.75) is 13.5 Å². The molecule has 0 aromatic heterocycles. The molecule has 0 bridgehead atoms. The highest BCUT2D eigenvalue weighted by molar-refractivity contribution is 5.92.